The van der Waals surface area contributed by atoms with Gasteiger partial charge in [0.2, 0.25) is 0 Å². The second-order valence-electron chi connectivity index (χ2n) is 11.7. The molecular formula is C33H30N3NaO6S2. The third-order valence-electron chi connectivity index (χ3n) is 8.20. The molecule has 0 bridgehead atoms. The summed E-state index contributed by atoms with van der Waals surface area (Å²) in [4.78, 5) is 13.8. The molecule has 0 aromatic heterocycles. The van der Waals surface area contributed by atoms with Crippen LogP contribution in [0.3, 0.4) is 0 Å². The summed E-state index contributed by atoms with van der Waals surface area (Å²) in [5.74, 6) is -1.14. The van der Waals surface area contributed by atoms with Gasteiger partial charge in [0.25, 0.3) is 20.0 Å². The molecule has 0 fully saturated rings. The van der Waals surface area contributed by atoms with Crippen LogP contribution in [0.5, 0.6) is 0 Å². The average Bonchev–Trinajstić information content (AvgIpc) is 2.99. The summed E-state index contributed by atoms with van der Waals surface area (Å²) in [5, 5.41) is 17.8. The number of fused-ring (bicyclic) bond motifs is 3. The maximum atomic E-state index is 14.0. The molecule has 226 valence electrons. The summed E-state index contributed by atoms with van der Waals surface area (Å²) in [6.45, 7) is 5.87. The zero-order chi connectivity index (χ0) is 31.4. The second kappa shape index (κ2) is 12.0. The van der Waals surface area contributed by atoms with Crippen molar-refractivity contribution >= 4 is 59.6 Å². The zero-order valence-electron chi connectivity index (χ0n) is 25.3. The minimum absolute atomic E-state index is 0. The number of sulfonamides is 2. The third kappa shape index (κ3) is 5.83. The van der Waals surface area contributed by atoms with Gasteiger partial charge in [-0.2, -0.15) is 8.42 Å². The van der Waals surface area contributed by atoms with E-state index in [9.17, 15) is 26.7 Å². The SMILES string of the molecule is CC(C)CC[C@@]1(C)C(=O)C(C2=NS(=O)(=O)c3cc(NS(=O)(=O)c4cccc5ccccc45)ccc3N2)=C([O-])c2ccccc21.[Na+]. The molecular weight excluding hydrogens is 622 g/mol. The van der Waals surface area contributed by atoms with Crippen LogP contribution in [0.4, 0.5) is 11.4 Å². The molecule has 2 N–H and O–H groups in total. The number of hydrogen-bond donors (Lipinski definition) is 2. The van der Waals surface area contributed by atoms with Crippen molar-refractivity contribution in [3.05, 3.63) is 102 Å². The molecule has 0 amide bonds. The number of nitrogens with one attached hydrogen (secondary N) is 2. The number of amidine groups is 1. The van der Waals surface area contributed by atoms with Crippen LogP contribution in [-0.2, 0) is 30.3 Å². The molecule has 1 aliphatic heterocycles. The molecule has 1 atom stereocenters. The Balaban J connectivity index is 0.00000400. The molecule has 4 aromatic carbocycles. The summed E-state index contributed by atoms with van der Waals surface area (Å²) < 4.78 is 60.0. The van der Waals surface area contributed by atoms with Crippen LogP contribution in [0, 0.1) is 5.92 Å². The maximum Gasteiger partial charge on any atom is 1.00 e. The summed E-state index contributed by atoms with van der Waals surface area (Å²) in [6.07, 6.45) is 1.19. The maximum absolute atomic E-state index is 14.0. The van der Waals surface area contributed by atoms with Gasteiger partial charge in [-0.25, -0.2) is 8.42 Å². The Bertz CT molecular complexity index is 2140. The Morgan fingerprint density at radius 1 is 0.978 bits per heavy atom. The van der Waals surface area contributed by atoms with Gasteiger partial charge in [-0.3, -0.25) is 9.52 Å². The molecule has 45 heavy (non-hydrogen) atoms. The number of rotatable bonds is 7. The molecule has 0 spiro atoms. The fraction of sp³-hybridized carbons (Fsp3) is 0.212. The van der Waals surface area contributed by atoms with E-state index in [0.717, 1.165) is 17.9 Å². The second-order valence-corrected chi connectivity index (χ2v) is 14.9. The first-order valence-corrected chi connectivity index (χ1v) is 17.1. The normalized spacial score (nSPS) is 18.8. The van der Waals surface area contributed by atoms with Gasteiger partial charge in [0, 0.05) is 5.39 Å². The average molecular weight is 652 g/mol. The van der Waals surface area contributed by atoms with Gasteiger partial charge < -0.3 is 10.4 Å². The van der Waals surface area contributed by atoms with Gasteiger partial charge in [-0.15, -0.1) is 4.40 Å². The van der Waals surface area contributed by atoms with Crippen molar-refractivity contribution in [3.8, 4) is 0 Å². The molecule has 12 heteroatoms. The molecule has 0 unspecified atom stereocenters. The van der Waals surface area contributed by atoms with E-state index in [0.29, 0.717) is 28.9 Å². The first-order valence-electron chi connectivity index (χ1n) is 14.1. The van der Waals surface area contributed by atoms with E-state index >= 15 is 0 Å². The van der Waals surface area contributed by atoms with E-state index in [4.69, 9.17) is 0 Å². The topological polar surface area (TPSA) is 145 Å². The molecule has 9 nitrogen and oxygen atoms in total. The molecule has 0 saturated carbocycles. The van der Waals surface area contributed by atoms with Gasteiger partial charge in [-0.1, -0.05) is 80.3 Å². The van der Waals surface area contributed by atoms with Gasteiger partial charge in [0.1, 0.15) is 4.90 Å². The van der Waals surface area contributed by atoms with E-state index in [1.165, 1.54) is 18.2 Å². The molecule has 1 heterocycles. The smallest absolute Gasteiger partial charge is 0.871 e. The Morgan fingerprint density at radius 2 is 1.67 bits per heavy atom. The van der Waals surface area contributed by atoms with Crippen LogP contribution in [0.15, 0.2) is 105 Å². The number of nitrogens with zero attached hydrogens (tertiary/aromatic N) is 1. The van der Waals surface area contributed by atoms with E-state index in [1.54, 1.807) is 67.6 Å². The Hall–Kier alpha value is -3.48. The van der Waals surface area contributed by atoms with Crippen molar-refractivity contribution in [2.75, 3.05) is 10.0 Å². The summed E-state index contributed by atoms with van der Waals surface area (Å²) >= 11 is 0. The zero-order valence-corrected chi connectivity index (χ0v) is 28.9. The standard InChI is InChI=1S/C33H31N3O6S2.Na/c1-20(2)17-18-33(3)25-13-7-6-12-24(25)30(37)29(31(33)38)32-34-26-16-15-22(19-28(26)44(41,42)36-32)35-43(39,40)27-14-8-10-21-9-4-5-11-23(21)27;/h4-16,19-20,35,37H,17-18H2,1-3H3,(H,34,36);/q;+1/p-1/t33-;/m1./s1. The van der Waals surface area contributed by atoms with Crippen LogP contribution in [0.2, 0.25) is 0 Å². The van der Waals surface area contributed by atoms with Gasteiger partial charge in [0.05, 0.1) is 27.3 Å². The van der Waals surface area contributed by atoms with Crippen molar-refractivity contribution in [1.29, 1.82) is 0 Å². The molecule has 0 radical (unpaired) electrons. The minimum Gasteiger partial charge on any atom is -0.871 e. The Morgan fingerprint density at radius 3 is 2.42 bits per heavy atom. The van der Waals surface area contributed by atoms with Crippen LogP contribution < -0.4 is 44.7 Å². The first kappa shape index (κ1) is 32.9. The van der Waals surface area contributed by atoms with Crippen LogP contribution in [0.1, 0.15) is 44.7 Å². The Kier molecular flexibility index (Phi) is 8.80. The molecule has 1 aliphatic carbocycles. The van der Waals surface area contributed by atoms with Crippen molar-refractivity contribution < 1.29 is 56.3 Å². The first-order chi connectivity index (χ1) is 20.8. The van der Waals surface area contributed by atoms with E-state index in [-0.39, 0.29) is 62.1 Å². The predicted molar refractivity (Wildman–Crippen MR) is 169 cm³/mol. The number of carbonyl (C=O) groups is 1. The summed E-state index contributed by atoms with van der Waals surface area (Å²) in [6, 6.07) is 22.8. The fourth-order valence-corrected chi connectivity index (χ4v) is 8.24. The fourth-order valence-electron chi connectivity index (χ4n) is 5.81. The molecule has 0 saturated heterocycles. The van der Waals surface area contributed by atoms with Gasteiger partial charge >= 0.3 is 29.6 Å². The number of Topliss-reactive ketones (excluding diaryl/α,β-unsaturated/α-hetero) is 1. The van der Waals surface area contributed by atoms with Crippen LogP contribution >= 0.6 is 0 Å². The molecule has 4 aromatic rings. The van der Waals surface area contributed by atoms with Crippen molar-refractivity contribution in [2.24, 2.45) is 10.3 Å². The number of ketones is 1. The van der Waals surface area contributed by atoms with Gasteiger partial charge in [-0.05, 0) is 66.5 Å². The van der Waals surface area contributed by atoms with Crippen molar-refractivity contribution in [1.82, 2.24) is 0 Å². The van der Waals surface area contributed by atoms with Crippen molar-refractivity contribution in [3.63, 3.8) is 0 Å². The summed E-state index contributed by atoms with van der Waals surface area (Å²) in [7, 11) is -8.53. The third-order valence-corrected chi connectivity index (χ3v) is 11.0. The van der Waals surface area contributed by atoms with Crippen LogP contribution in [-0.4, -0.2) is 28.5 Å². The minimum atomic E-state index is -4.44. The molecule has 6 rings (SSSR count). The van der Waals surface area contributed by atoms with E-state index < -0.39 is 37.0 Å². The predicted octanol–water partition coefficient (Wildman–Crippen LogP) is 2.21. The van der Waals surface area contributed by atoms with E-state index in [1.807, 2.05) is 13.8 Å². The quantitative estimate of drug-likeness (QED) is 0.292. The molecule has 2 aliphatic rings. The van der Waals surface area contributed by atoms with Crippen molar-refractivity contribution in [2.45, 2.75) is 48.8 Å². The number of anilines is 2. The number of carbonyl (C=O) groups excluding carboxylic acids is 1. The Labute approximate surface area is 284 Å². The largest absolute Gasteiger partial charge is 1.00 e. The number of benzene rings is 4. The van der Waals surface area contributed by atoms with E-state index in [2.05, 4.69) is 14.4 Å². The number of hydrogen-bond acceptors (Lipinski definition) is 7. The van der Waals surface area contributed by atoms with Gasteiger partial charge in [0.15, 0.2) is 11.6 Å². The summed E-state index contributed by atoms with van der Waals surface area (Å²) in [5.41, 5.74) is -0.346. The monoisotopic (exact) mass is 651 g/mol. The van der Waals surface area contributed by atoms with Crippen LogP contribution in [0.25, 0.3) is 16.5 Å².